The third kappa shape index (κ3) is 5.19. The second-order valence-electron chi connectivity index (χ2n) is 3.96. The fourth-order valence-electron chi connectivity index (χ4n) is 1.59. The molecule has 1 N–H and O–H groups in total. The van der Waals surface area contributed by atoms with Crippen LogP contribution in [0.3, 0.4) is 0 Å². The highest BCUT2D eigenvalue weighted by atomic mass is 16.5. The van der Waals surface area contributed by atoms with E-state index in [4.69, 9.17) is 9.47 Å². The first-order chi connectivity index (χ1) is 8.77. The molecule has 1 aromatic carbocycles. The lowest BCUT2D eigenvalue weighted by atomic mass is 10.2. The van der Waals surface area contributed by atoms with Crippen molar-refractivity contribution < 1.29 is 14.3 Å². The minimum absolute atomic E-state index is 0.128. The summed E-state index contributed by atoms with van der Waals surface area (Å²) in [5.74, 6) is 0.740. The molecule has 0 atom stereocenters. The van der Waals surface area contributed by atoms with E-state index in [-0.39, 0.29) is 5.97 Å². The number of ether oxygens (including phenoxy) is 2. The van der Waals surface area contributed by atoms with Crippen LogP contribution < -0.4 is 10.1 Å². The van der Waals surface area contributed by atoms with Crippen LogP contribution in [0.15, 0.2) is 24.3 Å². The SMILES string of the molecule is CCCC(=O)OCCNCc1ccccc1OC. The molecule has 0 aliphatic rings. The zero-order valence-electron chi connectivity index (χ0n) is 11.1. The molecule has 0 saturated heterocycles. The van der Waals surface area contributed by atoms with E-state index in [1.165, 1.54) is 0 Å². The van der Waals surface area contributed by atoms with Crippen molar-refractivity contribution in [3.05, 3.63) is 29.8 Å². The van der Waals surface area contributed by atoms with Gasteiger partial charge in [-0.15, -0.1) is 0 Å². The van der Waals surface area contributed by atoms with Gasteiger partial charge in [-0.2, -0.15) is 0 Å². The molecule has 18 heavy (non-hydrogen) atoms. The Balaban J connectivity index is 2.19. The number of hydrogen-bond acceptors (Lipinski definition) is 4. The predicted octanol–water partition coefficient (Wildman–Crippen LogP) is 2.13. The summed E-state index contributed by atoms with van der Waals surface area (Å²) in [6.45, 7) is 3.72. The highest BCUT2D eigenvalue weighted by Gasteiger charge is 2.02. The molecule has 0 bridgehead atoms. The normalized spacial score (nSPS) is 10.1. The van der Waals surface area contributed by atoms with Crippen LogP contribution in [0.1, 0.15) is 25.3 Å². The van der Waals surface area contributed by atoms with Crippen molar-refractivity contribution in [2.24, 2.45) is 0 Å². The summed E-state index contributed by atoms with van der Waals surface area (Å²) in [5, 5.41) is 3.22. The van der Waals surface area contributed by atoms with Crippen molar-refractivity contribution in [3.8, 4) is 5.75 Å². The maximum absolute atomic E-state index is 11.1. The Hall–Kier alpha value is -1.55. The van der Waals surface area contributed by atoms with E-state index in [9.17, 15) is 4.79 Å². The fourth-order valence-corrected chi connectivity index (χ4v) is 1.59. The summed E-state index contributed by atoms with van der Waals surface area (Å²) in [6.07, 6.45) is 1.32. The largest absolute Gasteiger partial charge is 0.496 e. The molecule has 1 rings (SSSR count). The van der Waals surface area contributed by atoms with E-state index in [1.807, 2.05) is 31.2 Å². The number of para-hydroxylation sites is 1. The predicted molar refractivity (Wildman–Crippen MR) is 70.6 cm³/mol. The van der Waals surface area contributed by atoms with Gasteiger partial charge in [0.15, 0.2) is 0 Å². The Labute approximate surface area is 108 Å². The van der Waals surface area contributed by atoms with Crippen LogP contribution in [-0.2, 0) is 16.1 Å². The molecule has 0 aliphatic heterocycles. The van der Waals surface area contributed by atoms with Crippen LogP contribution in [0.4, 0.5) is 0 Å². The molecule has 0 heterocycles. The Morgan fingerprint density at radius 3 is 2.83 bits per heavy atom. The van der Waals surface area contributed by atoms with Crippen LogP contribution in [0, 0.1) is 0 Å². The topological polar surface area (TPSA) is 47.6 Å². The second-order valence-corrected chi connectivity index (χ2v) is 3.96. The van der Waals surface area contributed by atoms with Crippen LogP contribution in [0.5, 0.6) is 5.75 Å². The zero-order valence-corrected chi connectivity index (χ0v) is 11.1. The van der Waals surface area contributed by atoms with Gasteiger partial charge in [0.1, 0.15) is 12.4 Å². The molecule has 1 aromatic rings. The van der Waals surface area contributed by atoms with Crippen LogP contribution in [0.25, 0.3) is 0 Å². The Morgan fingerprint density at radius 1 is 1.33 bits per heavy atom. The van der Waals surface area contributed by atoms with E-state index in [0.29, 0.717) is 26.1 Å². The minimum Gasteiger partial charge on any atom is -0.496 e. The number of carbonyl (C=O) groups is 1. The summed E-state index contributed by atoms with van der Waals surface area (Å²) in [4.78, 5) is 11.1. The lowest BCUT2D eigenvalue weighted by molar-refractivity contribution is -0.143. The molecule has 0 amide bonds. The highest BCUT2D eigenvalue weighted by Crippen LogP contribution is 2.16. The van der Waals surface area contributed by atoms with Gasteiger partial charge in [0.25, 0.3) is 0 Å². The van der Waals surface area contributed by atoms with Crippen molar-refractivity contribution in [1.29, 1.82) is 0 Å². The fraction of sp³-hybridized carbons (Fsp3) is 0.500. The molecule has 0 fully saturated rings. The highest BCUT2D eigenvalue weighted by molar-refractivity contribution is 5.69. The van der Waals surface area contributed by atoms with E-state index in [1.54, 1.807) is 7.11 Å². The molecule has 4 nitrogen and oxygen atoms in total. The molecular formula is C14H21NO3. The van der Waals surface area contributed by atoms with Gasteiger partial charge in [-0.25, -0.2) is 0 Å². The van der Waals surface area contributed by atoms with Crippen molar-refractivity contribution in [1.82, 2.24) is 5.32 Å². The lowest BCUT2D eigenvalue weighted by Gasteiger charge is -2.09. The van der Waals surface area contributed by atoms with E-state index < -0.39 is 0 Å². The second kappa shape index (κ2) is 8.53. The van der Waals surface area contributed by atoms with Crippen molar-refractivity contribution >= 4 is 5.97 Å². The summed E-state index contributed by atoms with van der Waals surface area (Å²) in [6, 6.07) is 7.85. The number of carbonyl (C=O) groups excluding carboxylic acids is 1. The Bertz CT molecular complexity index is 366. The van der Waals surface area contributed by atoms with E-state index in [2.05, 4.69) is 5.32 Å². The lowest BCUT2D eigenvalue weighted by Crippen LogP contribution is -2.21. The average molecular weight is 251 g/mol. The third-order valence-electron chi connectivity index (χ3n) is 2.50. The first kappa shape index (κ1) is 14.5. The molecule has 100 valence electrons. The number of esters is 1. The van der Waals surface area contributed by atoms with Gasteiger partial charge >= 0.3 is 5.97 Å². The van der Waals surface area contributed by atoms with Gasteiger partial charge in [-0.05, 0) is 12.5 Å². The molecule has 0 saturated carbocycles. The number of nitrogens with one attached hydrogen (secondary N) is 1. The first-order valence-corrected chi connectivity index (χ1v) is 6.26. The van der Waals surface area contributed by atoms with Crippen molar-refractivity contribution in [2.45, 2.75) is 26.3 Å². The summed E-state index contributed by atoms with van der Waals surface area (Å²) in [5.41, 5.74) is 1.10. The maximum atomic E-state index is 11.1. The van der Waals surface area contributed by atoms with Crippen molar-refractivity contribution in [3.63, 3.8) is 0 Å². The quantitative estimate of drug-likeness (QED) is 0.568. The summed E-state index contributed by atoms with van der Waals surface area (Å²) < 4.78 is 10.3. The van der Waals surface area contributed by atoms with Crippen LogP contribution in [0.2, 0.25) is 0 Å². The molecule has 0 aromatic heterocycles. The number of rotatable bonds is 8. The van der Waals surface area contributed by atoms with E-state index >= 15 is 0 Å². The number of hydrogen-bond donors (Lipinski definition) is 1. The number of methoxy groups -OCH3 is 1. The minimum atomic E-state index is -0.128. The van der Waals surface area contributed by atoms with Gasteiger partial charge in [0.05, 0.1) is 7.11 Å². The molecule has 0 radical (unpaired) electrons. The summed E-state index contributed by atoms with van der Waals surface area (Å²) in [7, 11) is 1.66. The molecule has 0 spiro atoms. The van der Waals surface area contributed by atoms with Crippen LogP contribution >= 0.6 is 0 Å². The number of benzene rings is 1. The maximum Gasteiger partial charge on any atom is 0.305 e. The Kier molecular flexibility index (Phi) is 6.87. The van der Waals surface area contributed by atoms with Gasteiger partial charge in [0.2, 0.25) is 0 Å². The first-order valence-electron chi connectivity index (χ1n) is 6.26. The van der Waals surface area contributed by atoms with Gasteiger partial charge < -0.3 is 14.8 Å². The monoisotopic (exact) mass is 251 g/mol. The van der Waals surface area contributed by atoms with Crippen LogP contribution in [-0.4, -0.2) is 26.2 Å². The van der Waals surface area contributed by atoms with Gasteiger partial charge in [0, 0.05) is 25.1 Å². The van der Waals surface area contributed by atoms with Gasteiger partial charge in [-0.1, -0.05) is 25.1 Å². The molecule has 0 aliphatic carbocycles. The Morgan fingerprint density at radius 2 is 2.11 bits per heavy atom. The average Bonchev–Trinajstić information content (AvgIpc) is 2.39. The van der Waals surface area contributed by atoms with Gasteiger partial charge in [-0.3, -0.25) is 4.79 Å². The van der Waals surface area contributed by atoms with E-state index in [0.717, 1.165) is 17.7 Å². The molecule has 0 unspecified atom stereocenters. The zero-order chi connectivity index (χ0) is 13.2. The molecular weight excluding hydrogens is 230 g/mol. The summed E-state index contributed by atoms with van der Waals surface area (Å²) >= 11 is 0. The standard InChI is InChI=1S/C14H21NO3/c1-3-6-14(16)18-10-9-15-11-12-7-4-5-8-13(12)17-2/h4-5,7-8,15H,3,6,9-11H2,1-2H3. The molecule has 4 heteroatoms. The van der Waals surface area contributed by atoms with Crippen molar-refractivity contribution in [2.75, 3.05) is 20.3 Å². The third-order valence-corrected chi connectivity index (χ3v) is 2.50. The smallest absolute Gasteiger partial charge is 0.305 e.